The van der Waals surface area contributed by atoms with E-state index < -0.39 is 0 Å². The van der Waals surface area contributed by atoms with Gasteiger partial charge in [-0.05, 0) is 107 Å². The van der Waals surface area contributed by atoms with Gasteiger partial charge in [0.15, 0.2) is 0 Å². The van der Waals surface area contributed by atoms with Crippen LogP contribution in [0, 0.1) is 85.7 Å². The molecule has 0 aliphatic carbocycles. The van der Waals surface area contributed by atoms with Crippen molar-refractivity contribution in [2.75, 3.05) is 0 Å². The summed E-state index contributed by atoms with van der Waals surface area (Å²) in [6.45, 7) is 16.8. The van der Waals surface area contributed by atoms with E-state index in [1.165, 1.54) is 72.3 Å². The van der Waals surface area contributed by atoms with E-state index in [1.807, 2.05) is 140 Å². The molecule has 0 saturated heterocycles. The Kier molecular flexibility index (Phi) is 30.8. The summed E-state index contributed by atoms with van der Waals surface area (Å²) in [7, 11) is 0. The van der Waals surface area contributed by atoms with E-state index in [-0.39, 0.29) is 80.4 Å². The summed E-state index contributed by atoms with van der Waals surface area (Å²) >= 11 is 0. The number of aromatic nitrogens is 5. The molecule has 0 atom stereocenters. The molecule has 5 aromatic heterocycles. The molecule has 0 aliphatic heterocycles. The van der Waals surface area contributed by atoms with Gasteiger partial charge in [-0.3, -0.25) is 0 Å². The van der Waals surface area contributed by atoms with Gasteiger partial charge in [0.2, 0.25) is 0 Å². The van der Waals surface area contributed by atoms with Gasteiger partial charge in [-0.2, -0.15) is 0 Å². The Morgan fingerprint density at radius 2 is 0.656 bits per heavy atom. The second-order valence-electron chi connectivity index (χ2n) is 22.6. The van der Waals surface area contributed by atoms with Crippen molar-refractivity contribution >= 4 is 0 Å². The molecule has 0 unspecified atom stereocenters. The van der Waals surface area contributed by atoms with Gasteiger partial charge in [0, 0.05) is 123 Å². The van der Waals surface area contributed by atoms with Crippen molar-refractivity contribution in [2.24, 2.45) is 0 Å². The van der Waals surface area contributed by atoms with Crippen LogP contribution in [-0.2, 0) is 80.4 Å². The van der Waals surface area contributed by atoms with E-state index in [9.17, 15) is 0 Å². The number of rotatable bonds is 9. The predicted octanol–water partition coefficient (Wildman–Crippen LogP) is 21.9. The first kappa shape index (κ1) is 76.3. The maximum atomic E-state index is 4.64. The molecule has 9 heteroatoms. The Balaban J connectivity index is 0.000000189. The van der Waals surface area contributed by atoms with Crippen LogP contribution in [0.5, 0.6) is 0 Å². The monoisotopic (exact) mass is 1960 g/mol. The third-order valence-corrected chi connectivity index (χ3v) is 15.2. The molecule has 0 aliphatic rings. The zero-order chi connectivity index (χ0) is 64.0. The topological polar surface area (TPSA) is 64.5 Å². The van der Waals surface area contributed by atoms with Crippen LogP contribution in [0.2, 0.25) is 0 Å². The minimum atomic E-state index is 0. The van der Waals surface area contributed by atoms with Gasteiger partial charge < -0.3 is 24.9 Å². The molecule has 96 heavy (non-hydrogen) atoms. The Morgan fingerprint density at radius 3 is 1.06 bits per heavy atom. The van der Waals surface area contributed by atoms with E-state index in [4.69, 9.17) is 0 Å². The smallest absolute Gasteiger partial charge is 0.0242 e. The summed E-state index contributed by atoms with van der Waals surface area (Å²) < 4.78 is 0. The van der Waals surface area contributed by atoms with E-state index in [1.54, 1.807) is 0 Å². The molecule has 5 nitrogen and oxygen atoms in total. The molecular formula is C87H72Ir4N5-5. The van der Waals surface area contributed by atoms with Gasteiger partial charge in [0.1, 0.15) is 0 Å². The Morgan fingerprint density at radius 1 is 0.250 bits per heavy atom. The van der Waals surface area contributed by atoms with E-state index in [0.717, 1.165) is 73.0 Å². The summed E-state index contributed by atoms with van der Waals surface area (Å²) in [6, 6.07) is 105. The van der Waals surface area contributed by atoms with Gasteiger partial charge in [-0.15, -0.1) is 177 Å². The second-order valence-corrected chi connectivity index (χ2v) is 22.6. The van der Waals surface area contributed by atoms with Crippen molar-refractivity contribution in [1.29, 1.82) is 0 Å². The largest absolute Gasteiger partial charge is 0.304 e. The summed E-state index contributed by atoms with van der Waals surface area (Å²) in [6.07, 6.45) is 9.47. The van der Waals surface area contributed by atoms with Crippen LogP contribution in [0.25, 0.3) is 101 Å². The van der Waals surface area contributed by atoms with E-state index in [0.29, 0.717) is 0 Å². The van der Waals surface area contributed by atoms with E-state index >= 15 is 0 Å². The van der Waals surface area contributed by atoms with Crippen molar-refractivity contribution in [3.05, 3.63) is 367 Å². The first-order valence-electron chi connectivity index (χ1n) is 30.8. The molecule has 4 radical (unpaired) electrons. The molecule has 14 aromatic rings. The zero-order valence-corrected chi connectivity index (χ0v) is 64.4. The minimum Gasteiger partial charge on any atom is -0.304 e. The number of nitrogens with zero attached hydrogens (tertiary/aromatic N) is 5. The predicted molar refractivity (Wildman–Crippen MR) is 382 cm³/mol. The summed E-state index contributed by atoms with van der Waals surface area (Å²) in [5.74, 6) is 0. The van der Waals surface area contributed by atoms with Crippen LogP contribution in [0.3, 0.4) is 0 Å². The number of aryl methyl sites for hydroxylation is 8. The molecular weight excluding hydrogens is 1880 g/mol. The second kappa shape index (κ2) is 38.8. The first-order chi connectivity index (χ1) is 44.9. The van der Waals surface area contributed by atoms with Gasteiger partial charge in [-0.25, -0.2) is 0 Å². The Labute approximate surface area is 622 Å². The molecule has 0 N–H and O–H groups in total. The third-order valence-electron chi connectivity index (χ3n) is 15.2. The maximum Gasteiger partial charge on any atom is 0.0242 e. The average Bonchev–Trinajstić information content (AvgIpc) is 0.862. The number of hydrogen-bond acceptors (Lipinski definition) is 5. The fourth-order valence-corrected chi connectivity index (χ4v) is 10.7. The SMILES string of the molecule is Cc1[c-]c(-c2cc(C)c(-c3ccccc3)cn2)cc(C)c1.Cc1[c-]c(-c2cc(C)c(-c3ccccc3)cn2)cc(C)c1.Cc1cccnc1-c1[c-]ccc(-c2ccccc2)c1.Cc1cccnc1-c1[c-]cccc1.[Ir].[Ir].[Ir].[Ir].[c-]1ccccc1-c1ccc(-c2ccccc2)cn1. The first-order valence-corrected chi connectivity index (χ1v) is 30.8. The van der Waals surface area contributed by atoms with Gasteiger partial charge in [-0.1, -0.05) is 197 Å². The fraction of sp³-hybridized carbons (Fsp3) is 0.0920. The Hall–Kier alpha value is -8.67. The molecule has 0 bridgehead atoms. The van der Waals surface area contributed by atoms with Crippen LogP contribution in [0.15, 0.2) is 292 Å². The molecule has 0 spiro atoms. The molecule has 14 rings (SSSR count). The van der Waals surface area contributed by atoms with Crippen molar-refractivity contribution in [3.8, 4) is 101 Å². The number of hydrogen-bond donors (Lipinski definition) is 0. The van der Waals surface area contributed by atoms with E-state index in [2.05, 4.69) is 262 Å². The van der Waals surface area contributed by atoms with Gasteiger partial charge >= 0.3 is 0 Å². The molecule has 9 aromatic carbocycles. The quantitative estimate of drug-likeness (QED) is 0.135. The summed E-state index contributed by atoms with van der Waals surface area (Å²) in [4.78, 5) is 22.5. The van der Waals surface area contributed by atoms with Gasteiger partial charge in [0.25, 0.3) is 0 Å². The van der Waals surface area contributed by atoms with Crippen molar-refractivity contribution in [1.82, 2.24) is 24.9 Å². The van der Waals surface area contributed by atoms with Crippen molar-refractivity contribution in [2.45, 2.75) is 55.4 Å². The molecule has 5 heterocycles. The third kappa shape index (κ3) is 21.7. The number of benzene rings is 9. The standard InChI is InChI=1S/2C20H18N.C18H14N.C17H12N.C12H10N.4Ir/c2*1-14-9-15(2)11-18(10-14)20-12-16(3)19(13-21-20)17-7-5-4-6-8-17;1-14-7-6-12-19-18(14)17-11-5-10-16(13-17)15-8-3-2-4-9-15;1-3-7-14(8-4-1)16-11-12-17(18-13-16)15-9-5-2-6-10-15;1-10-6-5-9-13-12(10)11-7-3-2-4-8-11;;;;/h2*4-10,12-13H,1-3H3;2-10,12-13H,1H3;1-9,11-13H;2-7,9H,1H3;;;;/q5*-1;;;;. The van der Waals surface area contributed by atoms with Crippen LogP contribution in [0.1, 0.15) is 44.5 Å². The zero-order valence-electron chi connectivity index (χ0n) is 54.8. The van der Waals surface area contributed by atoms with Crippen LogP contribution >= 0.6 is 0 Å². The summed E-state index contributed by atoms with van der Waals surface area (Å²) in [5.41, 5.74) is 29.3. The average molecular weight is 1960 g/mol. The Bertz CT molecular complexity index is 4400. The fourth-order valence-electron chi connectivity index (χ4n) is 10.7. The maximum absolute atomic E-state index is 4.64. The molecule has 0 fully saturated rings. The normalized spacial score (nSPS) is 9.96. The van der Waals surface area contributed by atoms with Crippen molar-refractivity contribution in [3.63, 3.8) is 0 Å². The minimum absolute atomic E-state index is 0. The van der Waals surface area contributed by atoms with Gasteiger partial charge in [0.05, 0.1) is 0 Å². The van der Waals surface area contributed by atoms with Crippen LogP contribution in [0.4, 0.5) is 0 Å². The number of pyridine rings is 5. The summed E-state index contributed by atoms with van der Waals surface area (Å²) in [5, 5.41) is 0. The van der Waals surface area contributed by atoms with Crippen molar-refractivity contribution < 1.29 is 80.4 Å². The molecule has 486 valence electrons. The molecule has 0 amide bonds. The van der Waals surface area contributed by atoms with Crippen LogP contribution in [-0.4, -0.2) is 24.9 Å². The van der Waals surface area contributed by atoms with Crippen LogP contribution < -0.4 is 0 Å². The molecule has 0 saturated carbocycles.